The number of hydrogen-bond donors (Lipinski definition) is 1. The van der Waals surface area contributed by atoms with Gasteiger partial charge in [-0.1, -0.05) is 17.7 Å². The molecule has 1 aliphatic heterocycles. The molecule has 1 aliphatic rings. The summed E-state index contributed by atoms with van der Waals surface area (Å²) >= 11 is 5.75. The van der Waals surface area contributed by atoms with E-state index >= 15 is 0 Å². The molecule has 0 radical (unpaired) electrons. The molecule has 0 aromatic heterocycles. The quantitative estimate of drug-likeness (QED) is 0.895. The summed E-state index contributed by atoms with van der Waals surface area (Å²) in [4.78, 5) is 0.187. The number of nitrogens with one attached hydrogen (secondary N) is 1. The highest BCUT2D eigenvalue weighted by Crippen LogP contribution is 2.16. The molecule has 1 fully saturated rings. The molecule has 16 heavy (non-hydrogen) atoms. The van der Waals surface area contributed by atoms with E-state index in [0.717, 1.165) is 0 Å². The Hall–Kier alpha value is -0.620. The molecule has 1 aromatic carbocycles. The first kappa shape index (κ1) is 11.9. The molecular formula is C10H12ClNO3S. The van der Waals surface area contributed by atoms with Crippen LogP contribution < -0.4 is 4.72 Å². The van der Waals surface area contributed by atoms with Crippen LogP contribution in [-0.2, 0) is 14.8 Å². The average Bonchev–Trinajstić information content (AvgIpc) is 2.70. The van der Waals surface area contributed by atoms with E-state index in [1.165, 1.54) is 12.1 Å². The van der Waals surface area contributed by atoms with Crippen molar-refractivity contribution in [2.45, 2.75) is 17.4 Å². The largest absolute Gasteiger partial charge is 0.380 e. The Morgan fingerprint density at radius 1 is 1.44 bits per heavy atom. The number of rotatable bonds is 3. The van der Waals surface area contributed by atoms with Gasteiger partial charge in [-0.05, 0) is 24.6 Å². The standard InChI is InChI=1S/C10H12ClNO3S/c11-8-2-1-3-10(6-8)16(13,14)12-9-4-5-15-7-9/h1-3,6,9,12H,4-5,7H2. The zero-order valence-corrected chi connectivity index (χ0v) is 10.1. The van der Waals surface area contributed by atoms with Gasteiger partial charge in [0, 0.05) is 17.7 Å². The number of sulfonamides is 1. The second-order valence-corrected chi connectivity index (χ2v) is 5.79. The summed E-state index contributed by atoms with van der Waals surface area (Å²) in [7, 11) is -3.48. The van der Waals surface area contributed by atoms with E-state index in [1.54, 1.807) is 12.1 Å². The molecule has 1 atom stereocenters. The van der Waals surface area contributed by atoms with E-state index in [-0.39, 0.29) is 10.9 Å². The molecule has 1 N–H and O–H groups in total. The normalized spacial score (nSPS) is 21.2. The molecule has 1 saturated heterocycles. The highest BCUT2D eigenvalue weighted by atomic mass is 35.5. The average molecular weight is 262 g/mol. The Morgan fingerprint density at radius 3 is 2.88 bits per heavy atom. The molecule has 0 saturated carbocycles. The summed E-state index contributed by atoms with van der Waals surface area (Å²) in [5.74, 6) is 0. The first-order chi connectivity index (χ1) is 7.58. The van der Waals surface area contributed by atoms with Crippen molar-refractivity contribution in [3.63, 3.8) is 0 Å². The Labute approximate surface area is 99.6 Å². The molecule has 0 aliphatic carbocycles. The molecule has 1 aromatic rings. The van der Waals surface area contributed by atoms with E-state index < -0.39 is 10.0 Å². The summed E-state index contributed by atoms with van der Waals surface area (Å²) in [6, 6.07) is 6.06. The summed E-state index contributed by atoms with van der Waals surface area (Å²) in [5, 5.41) is 0.408. The fourth-order valence-corrected chi connectivity index (χ4v) is 3.10. The fourth-order valence-electron chi connectivity index (χ4n) is 1.55. The second-order valence-electron chi connectivity index (χ2n) is 3.64. The summed E-state index contributed by atoms with van der Waals surface area (Å²) in [5.41, 5.74) is 0. The van der Waals surface area contributed by atoms with Gasteiger partial charge in [0.25, 0.3) is 0 Å². The third-order valence-electron chi connectivity index (χ3n) is 2.36. The minimum Gasteiger partial charge on any atom is -0.380 e. The Kier molecular flexibility index (Phi) is 3.49. The molecule has 0 spiro atoms. The van der Waals surface area contributed by atoms with Crippen molar-refractivity contribution in [2.75, 3.05) is 13.2 Å². The van der Waals surface area contributed by atoms with E-state index in [0.29, 0.717) is 24.7 Å². The van der Waals surface area contributed by atoms with Gasteiger partial charge in [0.1, 0.15) is 0 Å². The monoisotopic (exact) mass is 261 g/mol. The van der Waals surface area contributed by atoms with Gasteiger partial charge in [-0.15, -0.1) is 0 Å². The van der Waals surface area contributed by atoms with Crippen LogP contribution in [0.1, 0.15) is 6.42 Å². The highest BCUT2D eigenvalue weighted by Gasteiger charge is 2.23. The van der Waals surface area contributed by atoms with Crippen molar-refractivity contribution in [3.05, 3.63) is 29.3 Å². The molecule has 2 rings (SSSR count). The Morgan fingerprint density at radius 2 is 2.25 bits per heavy atom. The third kappa shape index (κ3) is 2.74. The van der Waals surface area contributed by atoms with E-state index in [9.17, 15) is 8.42 Å². The maximum Gasteiger partial charge on any atom is 0.240 e. The van der Waals surface area contributed by atoms with Gasteiger partial charge >= 0.3 is 0 Å². The topological polar surface area (TPSA) is 55.4 Å². The minimum absolute atomic E-state index is 0.135. The van der Waals surface area contributed by atoms with Gasteiger partial charge in [0.05, 0.1) is 11.5 Å². The predicted molar refractivity (Wildman–Crippen MR) is 61.0 cm³/mol. The fraction of sp³-hybridized carbons (Fsp3) is 0.400. The van der Waals surface area contributed by atoms with Crippen molar-refractivity contribution in [2.24, 2.45) is 0 Å². The van der Waals surface area contributed by atoms with Crippen molar-refractivity contribution in [3.8, 4) is 0 Å². The summed E-state index contributed by atoms with van der Waals surface area (Å²) in [6.45, 7) is 1.03. The Bertz CT molecular complexity index is 469. The number of benzene rings is 1. The maximum atomic E-state index is 11.9. The predicted octanol–water partition coefficient (Wildman–Crippen LogP) is 1.41. The van der Waals surface area contributed by atoms with Crippen molar-refractivity contribution in [1.82, 2.24) is 4.72 Å². The van der Waals surface area contributed by atoms with Gasteiger partial charge in [-0.3, -0.25) is 0 Å². The van der Waals surface area contributed by atoms with Crippen LogP contribution >= 0.6 is 11.6 Å². The lowest BCUT2D eigenvalue weighted by molar-refractivity contribution is 0.192. The number of halogens is 1. The number of hydrogen-bond acceptors (Lipinski definition) is 3. The van der Waals surface area contributed by atoms with Gasteiger partial charge in [-0.2, -0.15) is 0 Å². The second kappa shape index (κ2) is 4.71. The molecule has 1 unspecified atom stereocenters. The summed E-state index contributed by atoms with van der Waals surface area (Å²) in [6.07, 6.45) is 0.708. The molecule has 88 valence electrons. The molecular weight excluding hydrogens is 250 g/mol. The van der Waals surface area contributed by atoms with E-state index in [1.807, 2.05) is 0 Å². The zero-order valence-electron chi connectivity index (χ0n) is 8.52. The van der Waals surface area contributed by atoms with Crippen LogP contribution in [0.2, 0.25) is 5.02 Å². The number of ether oxygens (including phenoxy) is 1. The molecule has 4 nitrogen and oxygen atoms in total. The van der Waals surface area contributed by atoms with Gasteiger partial charge < -0.3 is 4.74 Å². The first-order valence-corrected chi connectivity index (χ1v) is 6.80. The highest BCUT2D eigenvalue weighted by molar-refractivity contribution is 7.89. The van der Waals surface area contributed by atoms with Gasteiger partial charge in [0.2, 0.25) is 10.0 Å². The smallest absolute Gasteiger partial charge is 0.240 e. The van der Waals surface area contributed by atoms with Crippen LogP contribution in [-0.4, -0.2) is 27.7 Å². The lowest BCUT2D eigenvalue weighted by Crippen LogP contribution is -2.34. The van der Waals surface area contributed by atoms with Crippen molar-refractivity contribution in [1.29, 1.82) is 0 Å². The van der Waals surface area contributed by atoms with Crippen LogP contribution in [0.15, 0.2) is 29.2 Å². The molecule has 6 heteroatoms. The van der Waals surface area contributed by atoms with Gasteiger partial charge in [-0.25, -0.2) is 13.1 Å². The lowest BCUT2D eigenvalue weighted by atomic mass is 10.3. The minimum atomic E-state index is -3.48. The molecule has 0 bridgehead atoms. The first-order valence-electron chi connectivity index (χ1n) is 4.93. The molecule has 0 amide bonds. The summed E-state index contributed by atoms with van der Waals surface area (Å²) < 4.78 is 31.5. The maximum absolute atomic E-state index is 11.9. The van der Waals surface area contributed by atoms with Crippen molar-refractivity contribution >= 4 is 21.6 Å². The van der Waals surface area contributed by atoms with Crippen LogP contribution in [0.25, 0.3) is 0 Å². The van der Waals surface area contributed by atoms with Crippen LogP contribution in [0.5, 0.6) is 0 Å². The van der Waals surface area contributed by atoms with Crippen LogP contribution in [0.3, 0.4) is 0 Å². The zero-order chi connectivity index (χ0) is 11.6. The van der Waals surface area contributed by atoms with Crippen LogP contribution in [0.4, 0.5) is 0 Å². The molecule has 1 heterocycles. The van der Waals surface area contributed by atoms with Crippen LogP contribution in [0, 0.1) is 0 Å². The lowest BCUT2D eigenvalue weighted by Gasteiger charge is -2.11. The van der Waals surface area contributed by atoms with Crippen molar-refractivity contribution < 1.29 is 13.2 Å². The third-order valence-corrected chi connectivity index (χ3v) is 4.11. The van der Waals surface area contributed by atoms with Gasteiger partial charge in [0.15, 0.2) is 0 Å². The van der Waals surface area contributed by atoms with E-state index in [4.69, 9.17) is 16.3 Å². The van der Waals surface area contributed by atoms with E-state index in [2.05, 4.69) is 4.72 Å². The Balaban J connectivity index is 2.18. The SMILES string of the molecule is O=S(=O)(NC1CCOC1)c1cccc(Cl)c1.